The van der Waals surface area contributed by atoms with Gasteiger partial charge in [-0.25, -0.2) is 0 Å². The van der Waals surface area contributed by atoms with E-state index in [0.29, 0.717) is 13.2 Å². The summed E-state index contributed by atoms with van der Waals surface area (Å²) in [6.45, 7) is 3.35. The molecule has 0 saturated carbocycles. The topological polar surface area (TPSA) is 73.6 Å². The Morgan fingerprint density at radius 1 is 1.69 bits per heavy atom. The van der Waals surface area contributed by atoms with E-state index in [0.717, 1.165) is 19.7 Å². The highest BCUT2D eigenvalue weighted by atomic mass is 16.5. The molecule has 1 rings (SSSR count). The predicted octanol–water partition coefficient (Wildman–Crippen LogP) is -1.13. The van der Waals surface area contributed by atoms with Crippen molar-refractivity contribution in [2.75, 3.05) is 32.9 Å². The van der Waals surface area contributed by atoms with Gasteiger partial charge in [0.2, 0.25) is 5.91 Å². The fourth-order valence-electron chi connectivity index (χ4n) is 1.11. The van der Waals surface area contributed by atoms with Crippen molar-refractivity contribution in [3.8, 4) is 0 Å². The normalized spacial score (nSPS) is 22.9. The molecule has 3 N–H and O–H groups in total. The highest BCUT2D eigenvalue weighted by Gasteiger charge is 2.12. The van der Waals surface area contributed by atoms with Crippen LogP contribution < -0.4 is 11.1 Å². The average Bonchev–Trinajstić information content (AvgIpc) is 2.14. The quantitative estimate of drug-likeness (QED) is 0.535. The number of amides is 1. The number of morpholine rings is 1. The number of hydrogen-bond donors (Lipinski definition) is 2. The van der Waals surface area contributed by atoms with Gasteiger partial charge in [-0.2, -0.15) is 0 Å². The molecule has 1 atom stereocenters. The van der Waals surface area contributed by atoms with Gasteiger partial charge in [-0.1, -0.05) is 0 Å². The SMILES string of the molecule is NC(=O)CCOCC1CNCCO1. The first-order chi connectivity index (χ1) is 6.29. The van der Waals surface area contributed by atoms with Crippen LogP contribution in [0.5, 0.6) is 0 Å². The number of carbonyl (C=O) groups excluding carboxylic acids is 1. The Hall–Kier alpha value is -0.650. The Labute approximate surface area is 77.6 Å². The molecule has 1 amide bonds. The summed E-state index contributed by atoms with van der Waals surface area (Å²) in [5, 5.41) is 3.19. The summed E-state index contributed by atoms with van der Waals surface area (Å²) in [5.74, 6) is -0.331. The van der Waals surface area contributed by atoms with E-state index in [9.17, 15) is 4.79 Å². The molecule has 5 heteroatoms. The molecule has 5 nitrogen and oxygen atoms in total. The van der Waals surface area contributed by atoms with Crippen LogP contribution in [0.1, 0.15) is 6.42 Å². The molecular formula is C8H16N2O3. The fraction of sp³-hybridized carbons (Fsp3) is 0.875. The monoisotopic (exact) mass is 188 g/mol. The van der Waals surface area contributed by atoms with Crippen molar-refractivity contribution in [2.24, 2.45) is 5.73 Å². The summed E-state index contributed by atoms with van der Waals surface area (Å²) >= 11 is 0. The van der Waals surface area contributed by atoms with Crippen LogP contribution in [0.4, 0.5) is 0 Å². The zero-order valence-electron chi connectivity index (χ0n) is 7.62. The van der Waals surface area contributed by atoms with Crippen molar-refractivity contribution in [3.05, 3.63) is 0 Å². The summed E-state index contributed by atoms with van der Waals surface area (Å²) < 4.78 is 10.6. The van der Waals surface area contributed by atoms with Crippen molar-refractivity contribution < 1.29 is 14.3 Å². The van der Waals surface area contributed by atoms with Gasteiger partial charge in [-0.3, -0.25) is 4.79 Å². The molecule has 1 fully saturated rings. The fourth-order valence-corrected chi connectivity index (χ4v) is 1.11. The number of hydrogen-bond acceptors (Lipinski definition) is 4. The third kappa shape index (κ3) is 4.82. The molecule has 0 aromatic carbocycles. The highest BCUT2D eigenvalue weighted by Crippen LogP contribution is 1.96. The molecule has 1 unspecified atom stereocenters. The van der Waals surface area contributed by atoms with Gasteiger partial charge in [-0.05, 0) is 0 Å². The molecule has 1 heterocycles. The van der Waals surface area contributed by atoms with Crippen LogP contribution in [-0.4, -0.2) is 44.9 Å². The maximum absolute atomic E-state index is 10.3. The largest absolute Gasteiger partial charge is 0.378 e. The zero-order valence-corrected chi connectivity index (χ0v) is 7.62. The van der Waals surface area contributed by atoms with E-state index in [-0.39, 0.29) is 18.4 Å². The Bertz CT molecular complexity index is 157. The Kier molecular flexibility index (Phi) is 4.74. The maximum atomic E-state index is 10.3. The highest BCUT2D eigenvalue weighted by molar-refractivity contribution is 5.73. The van der Waals surface area contributed by atoms with Gasteiger partial charge in [0.1, 0.15) is 0 Å². The van der Waals surface area contributed by atoms with E-state index in [1.54, 1.807) is 0 Å². The van der Waals surface area contributed by atoms with Crippen molar-refractivity contribution in [3.63, 3.8) is 0 Å². The lowest BCUT2D eigenvalue weighted by molar-refractivity contribution is -0.119. The minimum Gasteiger partial charge on any atom is -0.378 e. The molecule has 76 valence electrons. The van der Waals surface area contributed by atoms with E-state index in [2.05, 4.69) is 5.32 Å². The van der Waals surface area contributed by atoms with E-state index < -0.39 is 0 Å². The van der Waals surface area contributed by atoms with E-state index in [1.165, 1.54) is 0 Å². The summed E-state index contributed by atoms with van der Waals surface area (Å²) in [6.07, 6.45) is 0.391. The van der Waals surface area contributed by atoms with Crippen LogP contribution in [0.15, 0.2) is 0 Å². The number of nitrogens with two attached hydrogens (primary N) is 1. The molecular weight excluding hydrogens is 172 g/mol. The number of nitrogens with one attached hydrogen (secondary N) is 1. The molecule has 0 bridgehead atoms. The van der Waals surface area contributed by atoms with Crippen LogP contribution in [0, 0.1) is 0 Å². The molecule has 0 aromatic heterocycles. The minimum absolute atomic E-state index is 0.113. The van der Waals surface area contributed by atoms with Gasteiger partial charge < -0.3 is 20.5 Å². The summed E-state index contributed by atoms with van der Waals surface area (Å²) in [6, 6.07) is 0. The molecule has 1 aliphatic heterocycles. The standard InChI is InChI=1S/C8H16N2O3/c9-8(11)1-3-12-6-7-5-10-2-4-13-7/h7,10H,1-6H2,(H2,9,11). The second-order valence-electron chi connectivity index (χ2n) is 2.99. The van der Waals surface area contributed by atoms with E-state index in [4.69, 9.17) is 15.2 Å². The van der Waals surface area contributed by atoms with Gasteiger partial charge in [-0.15, -0.1) is 0 Å². The Balaban J connectivity index is 1.95. The average molecular weight is 188 g/mol. The number of ether oxygens (including phenoxy) is 2. The third-order valence-electron chi connectivity index (χ3n) is 1.80. The van der Waals surface area contributed by atoms with Crippen molar-refractivity contribution in [1.82, 2.24) is 5.32 Å². The van der Waals surface area contributed by atoms with E-state index in [1.807, 2.05) is 0 Å². The minimum atomic E-state index is -0.331. The summed E-state index contributed by atoms with van der Waals surface area (Å²) in [4.78, 5) is 10.3. The Morgan fingerprint density at radius 3 is 3.15 bits per heavy atom. The van der Waals surface area contributed by atoms with Crippen molar-refractivity contribution in [2.45, 2.75) is 12.5 Å². The van der Waals surface area contributed by atoms with Crippen LogP contribution in [-0.2, 0) is 14.3 Å². The maximum Gasteiger partial charge on any atom is 0.219 e. The van der Waals surface area contributed by atoms with Crippen molar-refractivity contribution in [1.29, 1.82) is 0 Å². The smallest absolute Gasteiger partial charge is 0.219 e. The molecule has 1 aliphatic rings. The molecule has 0 aromatic rings. The van der Waals surface area contributed by atoms with Crippen LogP contribution >= 0.6 is 0 Å². The van der Waals surface area contributed by atoms with Gasteiger partial charge in [0, 0.05) is 19.5 Å². The van der Waals surface area contributed by atoms with Gasteiger partial charge in [0.15, 0.2) is 0 Å². The molecule has 0 spiro atoms. The van der Waals surface area contributed by atoms with Crippen molar-refractivity contribution >= 4 is 5.91 Å². The number of primary amides is 1. The van der Waals surface area contributed by atoms with Crippen LogP contribution in [0.25, 0.3) is 0 Å². The summed E-state index contributed by atoms with van der Waals surface area (Å²) in [5.41, 5.74) is 4.95. The predicted molar refractivity (Wildman–Crippen MR) is 47.2 cm³/mol. The number of carbonyl (C=O) groups is 1. The van der Waals surface area contributed by atoms with Crippen LogP contribution in [0.3, 0.4) is 0 Å². The molecule has 0 radical (unpaired) electrons. The lowest BCUT2D eigenvalue weighted by Gasteiger charge is -2.23. The lowest BCUT2D eigenvalue weighted by atomic mass is 10.3. The van der Waals surface area contributed by atoms with Gasteiger partial charge in [0.05, 0.1) is 25.9 Å². The second-order valence-corrected chi connectivity index (χ2v) is 2.99. The molecule has 1 saturated heterocycles. The molecule has 13 heavy (non-hydrogen) atoms. The summed E-state index contributed by atoms with van der Waals surface area (Å²) in [7, 11) is 0. The first-order valence-electron chi connectivity index (χ1n) is 4.47. The van der Waals surface area contributed by atoms with Crippen LogP contribution in [0.2, 0.25) is 0 Å². The van der Waals surface area contributed by atoms with Gasteiger partial charge >= 0.3 is 0 Å². The third-order valence-corrected chi connectivity index (χ3v) is 1.80. The first-order valence-corrected chi connectivity index (χ1v) is 4.47. The second kappa shape index (κ2) is 5.90. The molecule has 0 aliphatic carbocycles. The zero-order chi connectivity index (χ0) is 9.52. The lowest BCUT2D eigenvalue weighted by Crippen LogP contribution is -2.41. The number of rotatable bonds is 5. The van der Waals surface area contributed by atoms with Gasteiger partial charge in [0.25, 0.3) is 0 Å². The van der Waals surface area contributed by atoms with E-state index >= 15 is 0 Å². The first kappa shape index (κ1) is 10.4. The Morgan fingerprint density at radius 2 is 2.54 bits per heavy atom.